The lowest BCUT2D eigenvalue weighted by atomic mass is 9.87. The molecule has 184 valence electrons. The van der Waals surface area contributed by atoms with E-state index in [0.717, 1.165) is 50.0 Å². The summed E-state index contributed by atoms with van der Waals surface area (Å²) in [6.07, 6.45) is 9.19. The van der Waals surface area contributed by atoms with Crippen LogP contribution in [0.1, 0.15) is 73.7 Å². The topological polar surface area (TPSA) is 97.0 Å². The van der Waals surface area contributed by atoms with Crippen LogP contribution in [0.2, 0.25) is 0 Å². The van der Waals surface area contributed by atoms with E-state index in [1.807, 2.05) is 25.3 Å². The highest BCUT2D eigenvalue weighted by Crippen LogP contribution is 2.32. The van der Waals surface area contributed by atoms with Gasteiger partial charge in [-0.15, -0.1) is 0 Å². The zero-order chi connectivity index (χ0) is 23.7. The SMILES string of the molecule is CO[C@H]1CC[C@@H](CNC2CCC[C@@H]2Oc2ccc3c(c2)CN(C2CCC(=O)NC2=O)C3=O)CC1. The maximum Gasteiger partial charge on any atom is 0.255 e. The quantitative estimate of drug-likeness (QED) is 0.596. The monoisotopic (exact) mass is 469 g/mol. The van der Waals surface area contributed by atoms with Crippen LogP contribution in [0, 0.1) is 5.92 Å². The fourth-order valence-electron chi connectivity index (χ4n) is 5.99. The first kappa shape index (κ1) is 23.3. The second-order valence-electron chi connectivity index (χ2n) is 10.2. The zero-order valence-corrected chi connectivity index (χ0v) is 19.9. The van der Waals surface area contributed by atoms with Gasteiger partial charge in [-0.2, -0.15) is 0 Å². The normalized spacial score (nSPS) is 31.5. The minimum Gasteiger partial charge on any atom is -0.489 e. The Morgan fingerprint density at radius 3 is 2.65 bits per heavy atom. The van der Waals surface area contributed by atoms with Crippen molar-refractivity contribution in [3.63, 3.8) is 0 Å². The fraction of sp³-hybridized carbons (Fsp3) is 0.654. The van der Waals surface area contributed by atoms with E-state index in [1.54, 1.807) is 4.90 Å². The number of carbonyl (C=O) groups excluding carboxylic acids is 3. The van der Waals surface area contributed by atoms with E-state index in [0.29, 0.717) is 36.6 Å². The molecule has 2 aliphatic carbocycles. The van der Waals surface area contributed by atoms with E-state index in [9.17, 15) is 14.4 Å². The Hall–Kier alpha value is -2.45. The summed E-state index contributed by atoms with van der Waals surface area (Å²) in [5.74, 6) is 0.667. The summed E-state index contributed by atoms with van der Waals surface area (Å²) in [6.45, 7) is 1.40. The molecular weight excluding hydrogens is 434 g/mol. The highest BCUT2D eigenvalue weighted by molar-refractivity contribution is 6.05. The predicted molar refractivity (Wildman–Crippen MR) is 125 cm³/mol. The second kappa shape index (κ2) is 10.0. The number of carbonyl (C=O) groups is 3. The number of piperidine rings is 1. The van der Waals surface area contributed by atoms with Gasteiger partial charge in [-0.1, -0.05) is 0 Å². The molecule has 8 nitrogen and oxygen atoms in total. The average molecular weight is 470 g/mol. The Morgan fingerprint density at radius 1 is 1.06 bits per heavy atom. The number of rotatable bonds is 7. The van der Waals surface area contributed by atoms with Gasteiger partial charge < -0.3 is 19.7 Å². The van der Waals surface area contributed by atoms with Gasteiger partial charge in [-0.3, -0.25) is 19.7 Å². The number of amides is 3. The molecule has 2 unspecified atom stereocenters. The number of nitrogens with zero attached hydrogens (tertiary/aromatic N) is 1. The van der Waals surface area contributed by atoms with Gasteiger partial charge in [-0.25, -0.2) is 0 Å². The summed E-state index contributed by atoms with van der Waals surface area (Å²) < 4.78 is 11.9. The molecule has 1 aromatic carbocycles. The Labute approximate surface area is 200 Å². The van der Waals surface area contributed by atoms with E-state index >= 15 is 0 Å². The number of hydrogen-bond donors (Lipinski definition) is 2. The maximum absolute atomic E-state index is 12.9. The van der Waals surface area contributed by atoms with E-state index < -0.39 is 6.04 Å². The molecule has 34 heavy (non-hydrogen) atoms. The average Bonchev–Trinajstić information content (AvgIpc) is 3.41. The van der Waals surface area contributed by atoms with Gasteiger partial charge in [0.25, 0.3) is 5.91 Å². The fourth-order valence-corrected chi connectivity index (χ4v) is 5.99. The summed E-state index contributed by atoms with van der Waals surface area (Å²) in [5, 5.41) is 6.12. The van der Waals surface area contributed by atoms with Gasteiger partial charge in [0, 0.05) is 31.7 Å². The summed E-state index contributed by atoms with van der Waals surface area (Å²) in [7, 11) is 1.81. The summed E-state index contributed by atoms with van der Waals surface area (Å²) in [6, 6.07) is 5.37. The molecule has 0 radical (unpaired) electrons. The van der Waals surface area contributed by atoms with Crippen molar-refractivity contribution in [2.24, 2.45) is 5.92 Å². The standard InChI is InChI=1S/C26H35N3O5/c1-33-18-7-5-16(6-8-18)14-27-21-3-2-4-23(21)34-19-9-10-20-17(13-19)15-29(26(20)32)22-11-12-24(30)28-25(22)31/h9-10,13,16,18,21-23,27H,2-8,11-12,14-15H2,1H3,(H,28,30,31)/t16-,18+,21?,22?,23-/m0/s1. The second-order valence-corrected chi connectivity index (χ2v) is 10.2. The van der Waals surface area contributed by atoms with Gasteiger partial charge in [-0.05, 0) is 87.6 Å². The molecule has 3 amide bonds. The van der Waals surface area contributed by atoms with Gasteiger partial charge in [0.2, 0.25) is 11.8 Å². The highest BCUT2D eigenvalue weighted by atomic mass is 16.5. The van der Waals surface area contributed by atoms with Crippen LogP contribution in [0.15, 0.2) is 18.2 Å². The molecule has 1 saturated heterocycles. The van der Waals surface area contributed by atoms with Crippen molar-refractivity contribution in [2.75, 3.05) is 13.7 Å². The first-order chi connectivity index (χ1) is 16.5. The molecule has 0 bridgehead atoms. The number of ether oxygens (including phenoxy) is 2. The molecule has 2 heterocycles. The van der Waals surface area contributed by atoms with Crippen LogP contribution in [0.4, 0.5) is 0 Å². The number of fused-ring (bicyclic) bond motifs is 1. The van der Waals surface area contributed by atoms with E-state index in [4.69, 9.17) is 9.47 Å². The molecule has 1 aromatic rings. The van der Waals surface area contributed by atoms with Crippen molar-refractivity contribution in [3.05, 3.63) is 29.3 Å². The van der Waals surface area contributed by atoms with Crippen molar-refractivity contribution >= 4 is 17.7 Å². The maximum atomic E-state index is 12.9. The van der Waals surface area contributed by atoms with Crippen molar-refractivity contribution in [2.45, 2.75) is 88.6 Å². The van der Waals surface area contributed by atoms with Gasteiger partial charge in [0.15, 0.2) is 0 Å². The minimum atomic E-state index is -0.593. The molecule has 4 aliphatic rings. The highest BCUT2D eigenvalue weighted by Gasteiger charge is 2.39. The Bertz CT molecular complexity index is 942. The third kappa shape index (κ3) is 4.84. The first-order valence-electron chi connectivity index (χ1n) is 12.7. The van der Waals surface area contributed by atoms with E-state index in [-0.39, 0.29) is 30.2 Å². The van der Waals surface area contributed by atoms with Crippen LogP contribution in [-0.4, -0.2) is 60.6 Å². The smallest absolute Gasteiger partial charge is 0.255 e. The number of hydrogen-bond acceptors (Lipinski definition) is 6. The van der Waals surface area contributed by atoms with Crippen LogP contribution in [-0.2, 0) is 20.9 Å². The van der Waals surface area contributed by atoms with Crippen LogP contribution < -0.4 is 15.4 Å². The Kier molecular flexibility index (Phi) is 6.88. The molecular formula is C26H35N3O5. The van der Waals surface area contributed by atoms with Crippen LogP contribution >= 0.6 is 0 Å². The Morgan fingerprint density at radius 2 is 1.88 bits per heavy atom. The molecule has 0 aromatic heterocycles. The number of nitrogens with one attached hydrogen (secondary N) is 2. The van der Waals surface area contributed by atoms with Crippen molar-refractivity contribution in [3.8, 4) is 5.75 Å². The van der Waals surface area contributed by atoms with E-state index in [2.05, 4.69) is 10.6 Å². The summed E-state index contributed by atoms with van der Waals surface area (Å²) in [5.41, 5.74) is 1.49. The summed E-state index contributed by atoms with van der Waals surface area (Å²) >= 11 is 0. The predicted octanol–water partition coefficient (Wildman–Crippen LogP) is 2.54. The number of imide groups is 1. The molecule has 5 rings (SSSR count). The number of methoxy groups -OCH3 is 1. The molecule has 2 aliphatic heterocycles. The number of benzene rings is 1. The van der Waals surface area contributed by atoms with Crippen LogP contribution in [0.3, 0.4) is 0 Å². The van der Waals surface area contributed by atoms with Crippen LogP contribution in [0.25, 0.3) is 0 Å². The molecule has 2 saturated carbocycles. The lowest BCUT2D eigenvalue weighted by Gasteiger charge is -2.30. The minimum absolute atomic E-state index is 0.122. The van der Waals surface area contributed by atoms with Crippen molar-refractivity contribution < 1.29 is 23.9 Å². The first-order valence-corrected chi connectivity index (χ1v) is 12.7. The zero-order valence-electron chi connectivity index (χ0n) is 19.9. The Balaban J connectivity index is 1.17. The third-order valence-corrected chi connectivity index (χ3v) is 8.03. The molecule has 3 fully saturated rings. The summed E-state index contributed by atoms with van der Waals surface area (Å²) in [4.78, 5) is 38.2. The third-order valence-electron chi connectivity index (χ3n) is 8.03. The molecule has 8 heteroatoms. The lowest BCUT2D eigenvalue weighted by molar-refractivity contribution is -0.136. The van der Waals surface area contributed by atoms with Crippen LogP contribution in [0.5, 0.6) is 5.75 Å². The van der Waals surface area contributed by atoms with Gasteiger partial charge >= 0.3 is 0 Å². The largest absolute Gasteiger partial charge is 0.489 e. The lowest BCUT2D eigenvalue weighted by Crippen LogP contribution is -2.52. The molecule has 3 atom stereocenters. The molecule has 2 N–H and O–H groups in total. The van der Waals surface area contributed by atoms with E-state index in [1.165, 1.54) is 12.8 Å². The van der Waals surface area contributed by atoms with Crippen molar-refractivity contribution in [1.82, 2.24) is 15.5 Å². The van der Waals surface area contributed by atoms with Crippen molar-refractivity contribution in [1.29, 1.82) is 0 Å². The van der Waals surface area contributed by atoms with Gasteiger partial charge in [0.05, 0.1) is 6.10 Å². The van der Waals surface area contributed by atoms with Gasteiger partial charge in [0.1, 0.15) is 17.9 Å². The molecule has 0 spiro atoms.